The van der Waals surface area contributed by atoms with Gasteiger partial charge in [0.15, 0.2) is 0 Å². The molecule has 0 fully saturated rings. The lowest BCUT2D eigenvalue weighted by molar-refractivity contribution is -0.276. The highest BCUT2D eigenvalue weighted by Crippen LogP contribution is 2.43. The summed E-state index contributed by atoms with van der Waals surface area (Å²) in [5, 5.41) is 0. The number of alkyl halides is 12. The van der Waals surface area contributed by atoms with E-state index in [-0.39, 0.29) is 18.7 Å². The fourth-order valence-electron chi connectivity index (χ4n) is 2.19. The Morgan fingerprint density at radius 3 is 1.04 bits per heavy atom. The number of nitrogens with zero attached hydrogens (tertiary/aromatic N) is 1. The first-order valence-electron chi connectivity index (χ1n) is 6.75. The van der Waals surface area contributed by atoms with Crippen LogP contribution in [0, 0.1) is 0 Å². The van der Waals surface area contributed by atoms with Gasteiger partial charge in [-0.2, -0.15) is 26.3 Å². The number of rotatable bonds is 7. The van der Waals surface area contributed by atoms with E-state index in [2.05, 4.69) is 0 Å². The van der Waals surface area contributed by atoms with Crippen molar-refractivity contribution in [1.29, 1.82) is 0 Å². The van der Waals surface area contributed by atoms with Crippen LogP contribution in [0.3, 0.4) is 0 Å². The molecule has 0 radical (unpaired) electrons. The summed E-state index contributed by atoms with van der Waals surface area (Å²) in [5.74, 6) is -10.5. The Hall–Kier alpha value is -0.880. The van der Waals surface area contributed by atoms with E-state index in [4.69, 9.17) is 0 Å². The summed E-state index contributed by atoms with van der Waals surface area (Å²) >= 11 is 0. The molecule has 0 aromatic heterocycles. The van der Waals surface area contributed by atoms with Crippen LogP contribution in [-0.4, -0.2) is 60.1 Å². The summed E-state index contributed by atoms with van der Waals surface area (Å²) in [6, 6.07) is -5.79. The zero-order valence-electron chi connectivity index (χ0n) is 13.0. The van der Waals surface area contributed by atoms with Crippen molar-refractivity contribution in [3.8, 4) is 0 Å². The highest BCUT2D eigenvalue weighted by Gasteiger charge is 2.64. The van der Waals surface area contributed by atoms with Gasteiger partial charge in [-0.25, -0.2) is 26.3 Å². The Morgan fingerprint density at radius 2 is 0.880 bits per heavy atom. The van der Waals surface area contributed by atoms with Crippen molar-refractivity contribution >= 4 is 0 Å². The molecular formula is C12H15F12N. The SMILES string of the molecule is CCN(C(C)C(F)(F)C(F)C(F)(F)F)C(C)C(F)(F)C(F)C(F)(F)F. The van der Waals surface area contributed by atoms with Crippen LogP contribution in [0.25, 0.3) is 0 Å². The van der Waals surface area contributed by atoms with E-state index in [1.54, 1.807) is 0 Å². The van der Waals surface area contributed by atoms with E-state index >= 15 is 0 Å². The van der Waals surface area contributed by atoms with Gasteiger partial charge in [-0.05, 0) is 20.4 Å². The molecule has 0 aromatic rings. The first-order chi connectivity index (χ1) is 10.8. The van der Waals surface area contributed by atoms with Gasteiger partial charge < -0.3 is 0 Å². The summed E-state index contributed by atoms with van der Waals surface area (Å²) in [7, 11) is 0. The van der Waals surface area contributed by atoms with Gasteiger partial charge in [0, 0.05) is 0 Å². The lowest BCUT2D eigenvalue weighted by atomic mass is 9.98. The van der Waals surface area contributed by atoms with E-state index in [1.165, 1.54) is 0 Å². The summed E-state index contributed by atoms with van der Waals surface area (Å²) in [6.45, 7) is 0.411. The maximum absolute atomic E-state index is 13.6. The third-order valence-corrected chi connectivity index (χ3v) is 3.72. The van der Waals surface area contributed by atoms with Crippen LogP contribution in [0.4, 0.5) is 52.7 Å². The summed E-state index contributed by atoms with van der Waals surface area (Å²) in [4.78, 5) is -0.212. The summed E-state index contributed by atoms with van der Waals surface area (Å²) in [6.07, 6.45) is -21.5. The first kappa shape index (κ1) is 24.1. The summed E-state index contributed by atoms with van der Waals surface area (Å²) < 4.78 is 153. The molecule has 1 nitrogen and oxygen atoms in total. The molecule has 0 aliphatic heterocycles. The fraction of sp³-hybridized carbons (Fsp3) is 1.00. The zero-order chi connectivity index (χ0) is 20.6. The van der Waals surface area contributed by atoms with Crippen LogP contribution in [0.1, 0.15) is 20.8 Å². The monoisotopic (exact) mass is 401 g/mol. The molecule has 0 heterocycles. The molecule has 0 aliphatic rings. The van der Waals surface area contributed by atoms with Gasteiger partial charge in [-0.1, -0.05) is 6.92 Å². The molecule has 25 heavy (non-hydrogen) atoms. The molecule has 0 saturated carbocycles. The predicted molar refractivity (Wildman–Crippen MR) is 63.1 cm³/mol. The van der Waals surface area contributed by atoms with Gasteiger partial charge in [0.05, 0.1) is 12.1 Å². The Balaban J connectivity index is 5.71. The molecule has 0 saturated heterocycles. The van der Waals surface area contributed by atoms with Crippen LogP contribution >= 0.6 is 0 Å². The molecule has 0 bridgehead atoms. The van der Waals surface area contributed by atoms with Crippen molar-refractivity contribution in [3.63, 3.8) is 0 Å². The molecule has 13 heteroatoms. The topological polar surface area (TPSA) is 3.24 Å². The van der Waals surface area contributed by atoms with Gasteiger partial charge in [0.25, 0.3) is 12.3 Å². The van der Waals surface area contributed by atoms with Crippen molar-refractivity contribution in [2.24, 2.45) is 0 Å². The molecule has 0 N–H and O–H groups in total. The second kappa shape index (κ2) is 7.39. The van der Waals surface area contributed by atoms with E-state index < -0.39 is 55.2 Å². The maximum atomic E-state index is 13.6. The fourth-order valence-corrected chi connectivity index (χ4v) is 2.19. The van der Waals surface area contributed by atoms with Gasteiger partial charge in [0.2, 0.25) is 0 Å². The predicted octanol–water partition coefficient (Wildman–Crippen LogP) is 5.16. The molecule has 0 spiro atoms. The van der Waals surface area contributed by atoms with Crippen molar-refractivity contribution in [2.45, 2.75) is 69.4 Å². The maximum Gasteiger partial charge on any atom is 0.425 e. The van der Waals surface area contributed by atoms with E-state index in [9.17, 15) is 52.7 Å². The average molecular weight is 401 g/mol. The minimum atomic E-state index is -6.03. The van der Waals surface area contributed by atoms with Crippen LogP contribution < -0.4 is 0 Å². The second-order valence-electron chi connectivity index (χ2n) is 5.34. The molecular weight excluding hydrogens is 386 g/mol. The average Bonchev–Trinajstić information content (AvgIpc) is 2.43. The Kier molecular flexibility index (Phi) is 7.13. The molecule has 0 aliphatic carbocycles. The summed E-state index contributed by atoms with van der Waals surface area (Å²) in [5.41, 5.74) is 0. The van der Waals surface area contributed by atoms with Gasteiger partial charge >= 0.3 is 24.2 Å². The Morgan fingerprint density at radius 1 is 0.640 bits per heavy atom. The number of hydrogen-bond acceptors (Lipinski definition) is 1. The Bertz CT molecular complexity index is 391. The zero-order valence-corrected chi connectivity index (χ0v) is 13.0. The minimum Gasteiger partial charge on any atom is -0.286 e. The standard InChI is InChI=1S/C12H15F12N/c1-4-25(5(2)9(15,16)7(13)11(19,20)21)6(3)10(17,18)8(14)12(22,23)24/h5-8H,4H2,1-3H3. The third-order valence-electron chi connectivity index (χ3n) is 3.72. The van der Waals surface area contributed by atoms with Gasteiger partial charge in [-0.3, -0.25) is 4.90 Å². The van der Waals surface area contributed by atoms with E-state index in [0.29, 0.717) is 0 Å². The van der Waals surface area contributed by atoms with E-state index in [0.717, 1.165) is 6.92 Å². The van der Waals surface area contributed by atoms with Crippen LogP contribution in [0.15, 0.2) is 0 Å². The molecule has 4 unspecified atom stereocenters. The largest absolute Gasteiger partial charge is 0.425 e. The third kappa shape index (κ3) is 5.07. The van der Waals surface area contributed by atoms with Crippen molar-refractivity contribution < 1.29 is 52.7 Å². The van der Waals surface area contributed by atoms with Crippen LogP contribution in [-0.2, 0) is 0 Å². The highest BCUT2D eigenvalue weighted by atomic mass is 19.4. The molecule has 0 amide bonds. The normalized spacial score (nSPS) is 19.7. The van der Waals surface area contributed by atoms with Crippen molar-refractivity contribution in [1.82, 2.24) is 4.90 Å². The molecule has 0 rings (SSSR count). The lowest BCUT2D eigenvalue weighted by Gasteiger charge is -2.42. The molecule has 4 atom stereocenters. The van der Waals surface area contributed by atoms with Crippen LogP contribution in [0.5, 0.6) is 0 Å². The van der Waals surface area contributed by atoms with Gasteiger partial charge in [-0.15, -0.1) is 0 Å². The molecule has 0 aromatic carbocycles. The molecule has 152 valence electrons. The Labute approximate surface area is 134 Å². The van der Waals surface area contributed by atoms with E-state index in [1.807, 2.05) is 0 Å². The lowest BCUT2D eigenvalue weighted by Crippen LogP contribution is -2.62. The highest BCUT2D eigenvalue weighted by molar-refractivity contribution is 4.98. The smallest absolute Gasteiger partial charge is 0.286 e. The van der Waals surface area contributed by atoms with Crippen molar-refractivity contribution in [3.05, 3.63) is 0 Å². The van der Waals surface area contributed by atoms with Crippen molar-refractivity contribution in [2.75, 3.05) is 6.54 Å². The second-order valence-corrected chi connectivity index (χ2v) is 5.34. The quantitative estimate of drug-likeness (QED) is 0.533. The van der Waals surface area contributed by atoms with Gasteiger partial charge in [0.1, 0.15) is 0 Å². The minimum absolute atomic E-state index is 0.212. The van der Waals surface area contributed by atoms with Crippen LogP contribution in [0.2, 0.25) is 0 Å². The number of hydrogen-bond donors (Lipinski definition) is 0. The first-order valence-corrected chi connectivity index (χ1v) is 6.75. The number of halogens is 12.